The van der Waals surface area contributed by atoms with Crippen LogP contribution in [0.3, 0.4) is 0 Å². The van der Waals surface area contributed by atoms with Gasteiger partial charge in [0.1, 0.15) is 23.2 Å². The maximum Gasteiger partial charge on any atom is 0.133 e. The van der Waals surface area contributed by atoms with Gasteiger partial charge in [0.05, 0.1) is 12.8 Å². The molecule has 2 heterocycles. The van der Waals surface area contributed by atoms with Crippen LogP contribution in [0, 0.1) is 0 Å². The lowest BCUT2D eigenvalue weighted by Gasteiger charge is -2.08. The molecule has 0 aliphatic heterocycles. The Morgan fingerprint density at radius 3 is 2.78 bits per heavy atom. The van der Waals surface area contributed by atoms with Crippen LogP contribution in [-0.4, -0.2) is 17.0 Å². The summed E-state index contributed by atoms with van der Waals surface area (Å²) >= 11 is 0. The number of aromatic nitrogens is 2. The fourth-order valence-corrected chi connectivity index (χ4v) is 1.64. The van der Waals surface area contributed by atoms with Gasteiger partial charge in [-0.3, -0.25) is 0 Å². The second kappa shape index (κ2) is 6.05. The maximum absolute atomic E-state index is 5.27. The molecule has 0 radical (unpaired) electrons. The van der Waals surface area contributed by atoms with Gasteiger partial charge in [0, 0.05) is 19.5 Å². The smallest absolute Gasteiger partial charge is 0.133 e. The number of hydrogen-bond donors (Lipinski definition) is 2. The summed E-state index contributed by atoms with van der Waals surface area (Å²) in [5.74, 6) is 3.38. The zero-order valence-corrected chi connectivity index (χ0v) is 10.7. The normalized spacial score (nSPS) is 10.3. The number of rotatable bonds is 6. The number of nitrogens with one attached hydrogen (secondary N) is 2. The second-order valence-electron chi connectivity index (χ2n) is 3.99. The van der Waals surface area contributed by atoms with E-state index in [-0.39, 0.29) is 0 Å². The average Bonchev–Trinajstić information content (AvgIpc) is 2.89. The van der Waals surface area contributed by atoms with Crippen LogP contribution in [0.4, 0.5) is 11.6 Å². The van der Waals surface area contributed by atoms with Gasteiger partial charge >= 0.3 is 0 Å². The Labute approximate surface area is 107 Å². The SMILES string of the molecule is CCCc1nc(NC)cc(NCc2ccco2)n1. The Kier molecular flexibility index (Phi) is 4.17. The molecule has 0 fully saturated rings. The largest absolute Gasteiger partial charge is 0.467 e. The summed E-state index contributed by atoms with van der Waals surface area (Å²) in [5.41, 5.74) is 0. The minimum absolute atomic E-state index is 0.624. The lowest BCUT2D eigenvalue weighted by atomic mass is 10.3. The Balaban J connectivity index is 2.08. The molecular weight excluding hydrogens is 228 g/mol. The van der Waals surface area contributed by atoms with Crippen LogP contribution in [0.25, 0.3) is 0 Å². The topological polar surface area (TPSA) is 63.0 Å². The lowest BCUT2D eigenvalue weighted by Crippen LogP contribution is -2.06. The molecule has 5 heteroatoms. The van der Waals surface area contributed by atoms with Gasteiger partial charge in [-0.2, -0.15) is 0 Å². The Morgan fingerprint density at radius 2 is 2.11 bits per heavy atom. The molecule has 0 atom stereocenters. The number of furan rings is 1. The van der Waals surface area contributed by atoms with Crippen LogP contribution in [0.15, 0.2) is 28.9 Å². The maximum atomic E-state index is 5.27. The highest BCUT2D eigenvalue weighted by molar-refractivity contribution is 5.47. The Hall–Kier alpha value is -2.04. The van der Waals surface area contributed by atoms with Crippen LogP contribution in [0.1, 0.15) is 24.9 Å². The zero-order valence-electron chi connectivity index (χ0n) is 10.7. The molecule has 0 saturated heterocycles. The summed E-state index contributed by atoms with van der Waals surface area (Å²) in [6, 6.07) is 5.70. The van der Waals surface area contributed by atoms with Crippen molar-refractivity contribution in [3.63, 3.8) is 0 Å². The van der Waals surface area contributed by atoms with Crippen molar-refractivity contribution in [2.24, 2.45) is 0 Å². The number of nitrogens with zero attached hydrogens (tertiary/aromatic N) is 2. The highest BCUT2D eigenvalue weighted by Gasteiger charge is 2.04. The van der Waals surface area contributed by atoms with E-state index in [2.05, 4.69) is 27.5 Å². The van der Waals surface area contributed by atoms with Crippen LogP contribution < -0.4 is 10.6 Å². The van der Waals surface area contributed by atoms with Crippen LogP contribution in [0.5, 0.6) is 0 Å². The van der Waals surface area contributed by atoms with E-state index in [0.29, 0.717) is 6.54 Å². The van der Waals surface area contributed by atoms with Gasteiger partial charge in [0.2, 0.25) is 0 Å². The van der Waals surface area contributed by atoms with E-state index in [9.17, 15) is 0 Å². The third-order valence-corrected chi connectivity index (χ3v) is 2.53. The van der Waals surface area contributed by atoms with Gasteiger partial charge < -0.3 is 15.1 Å². The van der Waals surface area contributed by atoms with Crippen molar-refractivity contribution in [2.75, 3.05) is 17.7 Å². The predicted octanol–water partition coefficient (Wildman–Crippen LogP) is 2.68. The van der Waals surface area contributed by atoms with Gasteiger partial charge in [-0.05, 0) is 18.6 Å². The highest BCUT2D eigenvalue weighted by Crippen LogP contribution is 2.13. The summed E-state index contributed by atoms with van der Waals surface area (Å²) in [7, 11) is 1.86. The molecule has 18 heavy (non-hydrogen) atoms. The number of anilines is 2. The first-order valence-corrected chi connectivity index (χ1v) is 6.13. The monoisotopic (exact) mass is 246 g/mol. The van der Waals surface area contributed by atoms with Crippen molar-refractivity contribution in [1.82, 2.24) is 9.97 Å². The van der Waals surface area contributed by atoms with E-state index in [1.165, 1.54) is 0 Å². The van der Waals surface area contributed by atoms with E-state index in [4.69, 9.17) is 4.42 Å². The van der Waals surface area contributed by atoms with Crippen molar-refractivity contribution < 1.29 is 4.42 Å². The van der Waals surface area contributed by atoms with Crippen molar-refractivity contribution in [3.8, 4) is 0 Å². The Morgan fingerprint density at radius 1 is 1.28 bits per heavy atom. The van der Waals surface area contributed by atoms with Gasteiger partial charge in [0.25, 0.3) is 0 Å². The molecule has 96 valence electrons. The standard InChI is InChI=1S/C13H18N4O/c1-3-5-11-16-12(14-2)8-13(17-11)15-9-10-6-4-7-18-10/h4,6-8H,3,5,9H2,1-2H3,(H2,14,15,16,17). The molecule has 2 aromatic heterocycles. The quantitative estimate of drug-likeness (QED) is 0.820. The lowest BCUT2D eigenvalue weighted by molar-refractivity contribution is 0.517. The molecule has 0 bridgehead atoms. The summed E-state index contributed by atoms with van der Waals surface area (Å²) in [6.07, 6.45) is 3.58. The molecule has 0 amide bonds. The van der Waals surface area contributed by atoms with E-state index >= 15 is 0 Å². The van der Waals surface area contributed by atoms with Gasteiger partial charge in [-0.15, -0.1) is 0 Å². The molecule has 0 aliphatic carbocycles. The summed E-state index contributed by atoms with van der Waals surface area (Å²) in [5, 5.41) is 6.28. The van der Waals surface area contributed by atoms with Crippen molar-refractivity contribution >= 4 is 11.6 Å². The third kappa shape index (κ3) is 3.23. The van der Waals surface area contributed by atoms with Crippen molar-refractivity contribution in [3.05, 3.63) is 36.0 Å². The molecule has 2 aromatic rings. The van der Waals surface area contributed by atoms with Crippen LogP contribution in [-0.2, 0) is 13.0 Å². The fourth-order valence-electron chi connectivity index (χ4n) is 1.64. The van der Waals surface area contributed by atoms with Crippen LogP contribution >= 0.6 is 0 Å². The van der Waals surface area contributed by atoms with Gasteiger partial charge in [0.15, 0.2) is 0 Å². The predicted molar refractivity (Wildman–Crippen MR) is 71.6 cm³/mol. The van der Waals surface area contributed by atoms with Gasteiger partial charge in [-0.1, -0.05) is 6.92 Å². The molecule has 0 aromatic carbocycles. The first kappa shape index (κ1) is 12.4. The molecule has 0 aliphatic rings. The number of aryl methyl sites for hydroxylation is 1. The summed E-state index contributed by atoms with van der Waals surface area (Å²) < 4.78 is 5.27. The van der Waals surface area contributed by atoms with E-state index < -0.39 is 0 Å². The summed E-state index contributed by atoms with van der Waals surface area (Å²) in [6.45, 7) is 2.74. The molecule has 5 nitrogen and oxygen atoms in total. The zero-order chi connectivity index (χ0) is 12.8. The number of hydrogen-bond acceptors (Lipinski definition) is 5. The van der Waals surface area contributed by atoms with E-state index in [1.807, 2.05) is 25.2 Å². The molecule has 2 N–H and O–H groups in total. The molecular formula is C13H18N4O. The average molecular weight is 246 g/mol. The van der Waals surface area contributed by atoms with E-state index in [0.717, 1.165) is 36.1 Å². The Bertz CT molecular complexity index is 482. The molecule has 0 unspecified atom stereocenters. The minimum atomic E-state index is 0.624. The van der Waals surface area contributed by atoms with Crippen molar-refractivity contribution in [2.45, 2.75) is 26.3 Å². The molecule has 2 rings (SSSR count). The first-order chi connectivity index (χ1) is 8.81. The van der Waals surface area contributed by atoms with Crippen molar-refractivity contribution in [1.29, 1.82) is 0 Å². The first-order valence-electron chi connectivity index (χ1n) is 6.13. The molecule has 0 spiro atoms. The third-order valence-electron chi connectivity index (χ3n) is 2.53. The minimum Gasteiger partial charge on any atom is -0.467 e. The van der Waals surface area contributed by atoms with Gasteiger partial charge in [-0.25, -0.2) is 9.97 Å². The highest BCUT2D eigenvalue weighted by atomic mass is 16.3. The second-order valence-corrected chi connectivity index (χ2v) is 3.99. The van der Waals surface area contributed by atoms with Crippen LogP contribution in [0.2, 0.25) is 0 Å². The van der Waals surface area contributed by atoms with E-state index in [1.54, 1.807) is 6.26 Å². The molecule has 0 saturated carbocycles. The fraction of sp³-hybridized carbons (Fsp3) is 0.385. The summed E-state index contributed by atoms with van der Waals surface area (Å²) in [4.78, 5) is 8.87.